The zero-order chi connectivity index (χ0) is 11.6. The Balaban J connectivity index is 0. The van der Waals surface area contributed by atoms with Crippen molar-refractivity contribution in [1.29, 1.82) is 5.41 Å². The normalized spacial score (nSPS) is 7.57. The second-order valence-corrected chi connectivity index (χ2v) is 2.17. The van der Waals surface area contributed by atoms with Gasteiger partial charge in [0.15, 0.2) is 0 Å². The molecule has 0 spiro atoms. The summed E-state index contributed by atoms with van der Waals surface area (Å²) in [4.78, 5) is 0. The maximum atomic E-state index is 12.7. The van der Waals surface area contributed by atoms with E-state index in [-0.39, 0.29) is 5.82 Å². The largest absolute Gasteiger partial charge is 0.333 e. The van der Waals surface area contributed by atoms with Crippen molar-refractivity contribution < 1.29 is 4.39 Å². The Bertz CT molecular complexity index is 259. The van der Waals surface area contributed by atoms with Crippen LogP contribution in [0.3, 0.4) is 0 Å². The van der Waals surface area contributed by atoms with Crippen LogP contribution in [-0.4, -0.2) is 13.3 Å². The second kappa shape index (κ2) is 9.86. The van der Waals surface area contributed by atoms with Crippen LogP contribution in [0, 0.1) is 18.2 Å². The fourth-order valence-electron chi connectivity index (χ4n) is 0.749. The van der Waals surface area contributed by atoms with Gasteiger partial charge >= 0.3 is 0 Å². The lowest BCUT2D eigenvalue weighted by molar-refractivity contribution is 0.624. The van der Waals surface area contributed by atoms with Gasteiger partial charge in [0.25, 0.3) is 0 Å². The molecule has 0 bridgehead atoms. The van der Waals surface area contributed by atoms with Crippen molar-refractivity contribution in [3.05, 3.63) is 35.1 Å². The highest BCUT2D eigenvalue weighted by Crippen LogP contribution is 2.06. The Morgan fingerprint density at radius 1 is 1.29 bits per heavy atom. The van der Waals surface area contributed by atoms with Gasteiger partial charge < -0.3 is 11.1 Å². The number of hydrogen-bond acceptors (Lipinski definition) is 2. The summed E-state index contributed by atoms with van der Waals surface area (Å²) in [7, 11) is 1.50. The molecule has 0 atom stereocenters. The van der Waals surface area contributed by atoms with Crippen molar-refractivity contribution in [3.63, 3.8) is 0 Å². The highest BCUT2D eigenvalue weighted by atomic mass is 19.1. The van der Waals surface area contributed by atoms with Gasteiger partial charge in [0.1, 0.15) is 5.82 Å². The molecular formula is C11H19FN2. The van der Waals surface area contributed by atoms with Gasteiger partial charge in [0.05, 0.1) is 0 Å². The van der Waals surface area contributed by atoms with Crippen molar-refractivity contribution in [1.82, 2.24) is 0 Å². The molecule has 0 amide bonds. The van der Waals surface area contributed by atoms with E-state index >= 15 is 0 Å². The van der Waals surface area contributed by atoms with Crippen LogP contribution in [0.1, 0.15) is 25.0 Å². The van der Waals surface area contributed by atoms with Crippen LogP contribution in [0.5, 0.6) is 0 Å². The predicted molar refractivity (Wildman–Crippen MR) is 60.5 cm³/mol. The van der Waals surface area contributed by atoms with Gasteiger partial charge in [-0.3, -0.25) is 0 Å². The van der Waals surface area contributed by atoms with Crippen LogP contribution in [0.15, 0.2) is 18.2 Å². The van der Waals surface area contributed by atoms with Crippen LogP contribution in [-0.2, 0) is 0 Å². The van der Waals surface area contributed by atoms with Gasteiger partial charge in [-0.05, 0) is 25.6 Å². The van der Waals surface area contributed by atoms with Crippen LogP contribution >= 0.6 is 0 Å². The van der Waals surface area contributed by atoms with E-state index in [4.69, 9.17) is 5.41 Å². The molecule has 0 saturated carbocycles. The zero-order valence-corrected chi connectivity index (χ0v) is 9.26. The molecule has 0 unspecified atom stereocenters. The molecule has 0 aliphatic carbocycles. The molecule has 1 aromatic rings. The predicted octanol–water partition coefficient (Wildman–Crippen LogP) is 2.73. The van der Waals surface area contributed by atoms with Crippen LogP contribution in [0.25, 0.3) is 0 Å². The summed E-state index contributed by atoms with van der Waals surface area (Å²) in [6.45, 7) is 5.82. The summed E-state index contributed by atoms with van der Waals surface area (Å²) in [5.41, 5.74) is 5.72. The van der Waals surface area contributed by atoms with E-state index in [0.717, 1.165) is 11.8 Å². The summed E-state index contributed by atoms with van der Waals surface area (Å²) in [6.07, 6.45) is 1.01. The summed E-state index contributed by atoms with van der Waals surface area (Å²) < 4.78 is 12.7. The zero-order valence-electron chi connectivity index (χ0n) is 9.26. The van der Waals surface area contributed by atoms with E-state index in [9.17, 15) is 4.39 Å². The topological polar surface area (TPSA) is 49.9 Å². The molecule has 1 rings (SSSR count). The molecule has 0 aliphatic heterocycles. The fourth-order valence-corrected chi connectivity index (χ4v) is 0.749. The molecular weight excluding hydrogens is 179 g/mol. The van der Waals surface area contributed by atoms with Crippen molar-refractivity contribution in [2.45, 2.75) is 20.8 Å². The first-order chi connectivity index (χ1) is 6.74. The first kappa shape index (κ1) is 15.3. The van der Waals surface area contributed by atoms with Crippen molar-refractivity contribution >= 4 is 6.21 Å². The van der Waals surface area contributed by atoms with Crippen molar-refractivity contribution in [2.75, 3.05) is 7.05 Å². The van der Waals surface area contributed by atoms with Gasteiger partial charge in [0.2, 0.25) is 0 Å². The van der Waals surface area contributed by atoms with Gasteiger partial charge in [-0.1, -0.05) is 26.0 Å². The summed E-state index contributed by atoms with van der Waals surface area (Å²) in [6, 6.07) is 4.79. The first-order valence-corrected chi connectivity index (χ1v) is 4.58. The summed E-state index contributed by atoms with van der Waals surface area (Å²) in [5.74, 6) is -0.324. The SMILES string of the molecule is CC.CN.Cc1ccc(C=N)c(F)c1. The maximum Gasteiger partial charge on any atom is 0.132 e. The number of benzene rings is 1. The standard InChI is InChI=1S/C8H8FN.C2H6.CH5N/c1-6-2-3-7(5-10)8(9)4-6;2*1-2/h2-5,10H,1H3;1-2H3;2H2,1H3. The Labute approximate surface area is 85.5 Å². The highest BCUT2D eigenvalue weighted by Gasteiger charge is 1.96. The lowest BCUT2D eigenvalue weighted by Crippen LogP contribution is -1.86. The molecule has 1 aromatic carbocycles. The van der Waals surface area contributed by atoms with Crippen LogP contribution in [0.4, 0.5) is 4.39 Å². The Morgan fingerprint density at radius 2 is 1.79 bits per heavy atom. The molecule has 3 N–H and O–H groups in total. The van der Waals surface area contributed by atoms with Gasteiger partial charge in [-0.15, -0.1) is 0 Å². The van der Waals surface area contributed by atoms with Crippen LogP contribution < -0.4 is 5.73 Å². The molecule has 0 aliphatic rings. The lowest BCUT2D eigenvalue weighted by atomic mass is 10.1. The summed E-state index contributed by atoms with van der Waals surface area (Å²) >= 11 is 0. The Morgan fingerprint density at radius 3 is 2.14 bits per heavy atom. The number of rotatable bonds is 1. The molecule has 0 radical (unpaired) electrons. The second-order valence-electron chi connectivity index (χ2n) is 2.17. The third-order valence-electron chi connectivity index (χ3n) is 1.31. The van der Waals surface area contributed by atoms with Gasteiger partial charge in [-0.25, -0.2) is 4.39 Å². The third kappa shape index (κ3) is 5.43. The Hall–Kier alpha value is -1.22. The van der Waals surface area contributed by atoms with E-state index in [1.54, 1.807) is 12.1 Å². The minimum atomic E-state index is -0.324. The fraction of sp³-hybridized carbons (Fsp3) is 0.364. The van der Waals surface area contributed by atoms with Gasteiger partial charge in [-0.2, -0.15) is 0 Å². The van der Waals surface area contributed by atoms with Gasteiger partial charge in [0, 0.05) is 11.8 Å². The van der Waals surface area contributed by atoms with E-state index < -0.39 is 0 Å². The minimum absolute atomic E-state index is 0.324. The molecule has 0 aromatic heterocycles. The Kier molecular flexibility index (Phi) is 10.8. The number of nitrogens with one attached hydrogen (secondary N) is 1. The number of halogens is 1. The monoisotopic (exact) mass is 198 g/mol. The van der Waals surface area contributed by atoms with E-state index in [0.29, 0.717) is 5.56 Å². The minimum Gasteiger partial charge on any atom is -0.333 e. The molecule has 3 heteroatoms. The first-order valence-electron chi connectivity index (χ1n) is 4.58. The van der Waals surface area contributed by atoms with Crippen molar-refractivity contribution in [3.8, 4) is 0 Å². The molecule has 2 nitrogen and oxygen atoms in total. The molecule has 0 fully saturated rings. The highest BCUT2D eigenvalue weighted by molar-refractivity contribution is 5.77. The average Bonchev–Trinajstić information content (AvgIpc) is 2.24. The molecule has 0 saturated heterocycles. The molecule has 14 heavy (non-hydrogen) atoms. The molecule has 80 valence electrons. The maximum absolute atomic E-state index is 12.7. The van der Waals surface area contributed by atoms with E-state index in [1.807, 2.05) is 20.8 Å². The van der Waals surface area contributed by atoms with Crippen LogP contribution in [0.2, 0.25) is 0 Å². The van der Waals surface area contributed by atoms with E-state index in [1.165, 1.54) is 13.1 Å². The third-order valence-corrected chi connectivity index (χ3v) is 1.31. The average molecular weight is 198 g/mol. The molecule has 0 heterocycles. The van der Waals surface area contributed by atoms with E-state index in [2.05, 4.69) is 5.73 Å². The van der Waals surface area contributed by atoms with Crippen molar-refractivity contribution in [2.24, 2.45) is 5.73 Å². The number of aryl methyl sites for hydroxylation is 1. The quantitative estimate of drug-likeness (QED) is 0.670. The summed E-state index contributed by atoms with van der Waals surface area (Å²) in [5, 5.41) is 6.79. The lowest BCUT2D eigenvalue weighted by Gasteiger charge is -1.95. The number of hydrogen-bond donors (Lipinski definition) is 2. The smallest absolute Gasteiger partial charge is 0.132 e. The number of nitrogens with two attached hydrogens (primary N) is 1.